The van der Waals surface area contributed by atoms with Crippen LogP contribution in [0.5, 0.6) is 0 Å². The lowest BCUT2D eigenvalue weighted by Gasteiger charge is -2.45. The third kappa shape index (κ3) is 3.05. The van der Waals surface area contributed by atoms with Gasteiger partial charge in [-0.1, -0.05) is 34.6 Å². The Morgan fingerprint density at radius 2 is 1.65 bits per heavy atom. The van der Waals surface area contributed by atoms with E-state index in [9.17, 15) is 9.59 Å². The number of nitrogens with zero attached hydrogens (tertiary/aromatic N) is 1. The number of ketones is 1. The Morgan fingerprint density at radius 3 is 2.05 bits per heavy atom. The Balaban J connectivity index is 1.81. The second-order valence-corrected chi connectivity index (χ2v) is 8.01. The lowest BCUT2D eigenvalue weighted by molar-refractivity contribution is -0.150. The molecule has 0 N–H and O–H groups in total. The van der Waals surface area contributed by atoms with Gasteiger partial charge >= 0.3 is 0 Å². The summed E-state index contributed by atoms with van der Waals surface area (Å²) in [5, 5.41) is 0. The number of carbonyl (C=O) groups excluding carboxylic acids is 2. The molecule has 1 amide bonds. The molecule has 0 unspecified atom stereocenters. The van der Waals surface area contributed by atoms with E-state index < -0.39 is 0 Å². The molecule has 2 rings (SSSR count). The Bertz CT molecular complexity index is 398. The van der Waals surface area contributed by atoms with E-state index in [1.54, 1.807) is 0 Å². The van der Waals surface area contributed by atoms with Gasteiger partial charge in [0.25, 0.3) is 0 Å². The monoisotopic (exact) mass is 281 g/mol. The summed E-state index contributed by atoms with van der Waals surface area (Å²) in [6.07, 6.45) is 0.871. The summed E-state index contributed by atoms with van der Waals surface area (Å²) < 4.78 is 5.11. The van der Waals surface area contributed by atoms with E-state index in [1.165, 1.54) is 0 Å². The number of ether oxygens (including phenoxy) is 1. The lowest BCUT2D eigenvalue weighted by atomic mass is 9.72. The summed E-state index contributed by atoms with van der Waals surface area (Å²) in [6, 6.07) is 0. The second-order valence-electron chi connectivity index (χ2n) is 8.01. The van der Waals surface area contributed by atoms with E-state index in [0.717, 1.165) is 19.5 Å². The number of amides is 1. The van der Waals surface area contributed by atoms with Crippen molar-refractivity contribution in [2.75, 3.05) is 26.3 Å². The molecule has 4 nitrogen and oxygen atoms in total. The van der Waals surface area contributed by atoms with Crippen molar-refractivity contribution in [1.82, 2.24) is 4.90 Å². The quantitative estimate of drug-likeness (QED) is 0.793. The molecule has 0 atom stereocenters. The van der Waals surface area contributed by atoms with Gasteiger partial charge in [0, 0.05) is 23.9 Å². The zero-order valence-corrected chi connectivity index (χ0v) is 13.4. The normalized spacial score (nSPS) is 21.4. The summed E-state index contributed by atoms with van der Waals surface area (Å²) in [5.41, 5.74) is -0.602. The molecule has 0 spiro atoms. The van der Waals surface area contributed by atoms with Crippen LogP contribution in [-0.2, 0) is 14.3 Å². The first-order valence-electron chi connectivity index (χ1n) is 7.53. The van der Waals surface area contributed by atoms with Crippen molar-refractivity contribution < 1.29 is 14.3 Å². The molecule has 4 heteroatoms. The largest absolute Gasteiger partial charge is 0.380 e. The molecular weight excluding hydrogens is 254 g/mol. The molecule has 0 aromatic heterocycles. The fourth-order valence-corrected chi connectivity index (χ4v) is 3.10. The van der Waals surface area contributed by atoms with E-state index in [-0.39, 0.29) is 22.7 Å². The Morgan fingerprint density at radius 1 is 1.10 bits per heavy atom. The van der Waals surface area contributed by atoms with Gasteiger partial charge in [0.1, 0.15) is 5.78 Å². The van der Waals surface area contributed by atoms with Gasteiger partial charge in [0.2, 0.25) is 5.91 Å². The highest BCUT2D eigenvalue weighted by atomic mass is 16.5. The number of hydrogen-bond acceptors (Lipinski definition) is 3. The van der Waals surface area contributed by atoms with Crippen LogP contribution >= 0.6 is 0 Å². The summed E-state index contributed by atoms with van der Waals surface area (Å²) in [7, 11) is 0. The Kier molecular flexibility index (Phi) is 3.98. The number of likely N-dealkylation sites (tertiary alicyclic amines) is 1. The lowest BCUT2D eigenvalue weighted by Crippen LogP contribution is -2.55. The highest BCUT2D eigenvalue weighted by molar-refractivity contribution is 5.87. The topological polar surface area (TPSA) is 46.6 Å². The van der Waals surface area contributed by atoms with Crippen LogP contribution in [0.15, 0.2) is 0 Å². The standard InChI is InChI=1S/C16H27NO3/c1-15(2,3)14(19)17-7-11(8-17)6-16(4,5)13(18)12-9-20-10-12/h11-12H,6-10H2,1-5H3. The maximum atomic E-state index is 12.3. The zero-order valence-electron chi connectivity index (χ0n) is 13.4. The molecule has 2 fully saturated rings. The number of carbonyl (C=O) groups is 2. The average Bonchev–Trinajstić information content (AvgIpc) is 2.18. The molecule has 2 saturated heterocycles. The first-order valence-corrected chi connectivity index (χ1v) is 7.53. The molecule has 0 aliphatic carbocycles. The molecule has 0 aromatic rings. The molecule has 20 heavy (non-hydrogen) atoms. The fraction of sp³-hybridized carbons (Fsp3) is 0.875. The van der Waals surface area contributed by atoms with Gasteiger partial charge in [-0.15, -0.1) is 0 Å². The van der Waals surface area contributed by atoms with Crippen LogP contribution in [0.1, 0.15) is 41.0 Å². The van der Waals surface area contributed by atoms with Crippen LogP contribution in [0.4, 0.5) is 0 Å². The van der Waals surface area contributed by atoms with Crippen LogP contribution in [0.25, 0.3) is 0 Å². The minimum absolute atomic E-state index is 0.0948. The highest BCUT2D eigenvalue weighted by Crippen LogP contribution is 2.36. The van der Waals surface area contributed by atoms with E-state index in [2.05, 4.69) is 0 Å². The van der Waals surface area contributed by atoms with Gasteiger partial charge in [0.15, 0.2) is 0 Å². The van der Waals surface area contributed by atoms with Crippen molar-refractivity contribution in [2.24, 2.45) is 22.7 Å². The van der Waals surface area contributed by atoms with Crippen molar-refractivity contribution >= 4 is 11.7 Å². The summed E-state index contributed by atoms with van der Waals surface area (Å²) in [6.45, 7) is 12.7. The van der Waals surface area contributed by atoms with Crippen LogP contribution < -0.4 is 0 Å². The molecule has 0 radical (unpaired) electrons. The third-order valence-corrected chi connectivity index (χ3v) is 4.36. The Hall–Kier alpha value is -0.900. The predicted octanol–water partition coefficient (Wildman–Crippen LogP) is 2.12. The van der Waals surface area contributed by atoms with Crippen LogP contribution in [0.3, 0.4) is 0 Å². The maximum absolute atomic E-state index is 12.3. The average molecular weight is 281 g/mol. The summed E-state index contributed by atoms with van der Waals surface area (Å²) in [5.74, 6) is 1.09. The van der Waals surface area contributed by atoms with Crippen molar-refractivity contribution in [2.45, 2.75) is 41.0 Å². The molecular formula is C16H27NO3. The van der Waals surface area contributed by atoms with Crippen LogP contribution in [-0.4, -0.2) is 42.9 Å². The van der Waals surface area contributed by atoms with Crippen molar-refractivity contribution in [3.63, 3.8) is 0 Å². The van der Waals surface area contributed by atoms with E-state index >= 15 is 0 Å². The smallest absolute Gasteiger partial charge is 0.227 e. The van der Waals surface area contributed by atoms with Crippen molar-refractivity contribution in [3.8, 4) is 0 Å². The molecule has 0 aromatic carbocycles. The van der Waals surface area contributed by atoms with Crippen LogP contribution in [0, 0.1) is 22.7 Å². The molecule has 2 aliphatic heterocycles. The predicted molar refractivity (Wildman–Crippen MR) is 77.2 cm³/mol. The number of rotatable bonds is 4. The minimum Gasteiger partial charge on any atom is -0.380 e. The van der Waals surface area contributed by atoms with Gasteiger partial charge < -0.3 is 9.64 Å². The second kappa shape index (κ2) is 5.14. The van der Waals surface area contributed by atoms with Gasteiger partial charge in [-0.05, 0) is 12.3 Å². The summed E-state index contributed by atoms with van der Waals surface area (Å²) >= 11 is 0. The third-order valence-electron chi connectivity index (χ3n) is 4.36. The van der Waals surface area contributed by atoms with E-state index in [4.69, 9.17) is 4.74 Å². The molecule has 2 heterocycles. The molecule has 0 bridgehead atoms. The summed E-state index contributed by atoms with van der Waals surface area (Å²) in [4.78, 5) is 26.3. The number of Topliss-reactive ketones (excluding diaryl/α,β-unsaturated/α-hetero) is 1. The van der Waals surface area contributed by atoms with Gasteiger partial charge in [-0.25, -0.2) is 0 Å². The number of hydrogen-bond donors (Lipinski definition) is 0. The van der Waals surface area contributed by atoms with Gasteiger partial charge in [-0.3, -0.25) is 9.59 Å². The molecule has 2 aliphatic rings. The molecule has 0 saturated carbocycles. The first kappa shape index (κ1) is 15.5. The van der Waals surface area contributed by atoms with Crippen LogP contribution in [0.2, 0.25) is 0 Å². The zero-order chi connectivity index (χ0) is 15.1. The first-order chi connectivity index (χ1) is 9.11. The van der Waals surface area contributed by atoms with E-state index in [0.29, 0.717) is 24.9 Å². The highest BCUT2D eigenvalue weighted by Gasteiger charge is 2.43. The minimum atomic E-state index is -0.306. The molecule has 114 valence electrons. The van der Waals surface area contributed by atoms with Crippen molar-refractivity contribution in [3.05, 3.63) is 0 Å². The van der Waals surface area contributed by atoms with Crippen molar-refractivity contribution in [1.29, 1.82) is 0 Å². The van der Waals surface area contributed by atoms with Gasteiger partial charge in [-0.2, -0.15) is 0 Å². The SMILES string of the molecule is CC(C)(C)C(=O)N1CC(CC(C)(C)C(=O)C2COC2)C1. The van der Waals surface area contributed by atoms with Gasteiger partial charge in [0.05, 0.1) is 19.1 Å². The van der Waals surface area contributed by atoms with E-state index in [1.807, 2.05) is 39.5 Å². The Labute approximate surface area is 121 Å². The fourth-order valence-electron chi connectivity index (χ4n) is 3.10. The maximum Gasteiger partial charge on any atom is 0.227 e.